The maximum absolute atomic E-state index is 6.24. The van der Waals surface area contributed by atoms with E-state index in [1.54, 1.807) is 0 Å². The molecule has 2 saturated heterocycles. The van der Waals surface area contributed by atoms with E-state index in [9.17, 15) is 0 Å². The van der Waals surface area contributed by atoms with Gasteiger partial charge in [0, 0.05) is 48.5 Å². The van der Waals surface area contributed by atoms with Crippen molar-refractivity contribution in [2.45, 2.75) is 39.0 Å². The lowest BCUT2D eigenvalue weighted by Gasteiger charge is -2.44. The number of morpholine rings is 1. The zero-order valence-corrected chi connectivity index (χ0v) is 14.8. The van der Waals surface area contributed by atoms with Crippen molar-refractivity contribution in [2.24, 2.45) is 0 Å². The van der Waals surface area contributed by atoms with E-state index < -0.39 is 0 Å². The third-order valence-corrected chi connectivity index (χ3v) is 5.60. The van der Waals surface area contributed by atoms with Crippen molar-refractivity contribution in [3.8, 4) is 0 Å². The first-order chi connectivity index (χ1) is 10.6. The number of nitrogens with zero attached hydrogens (tertiary/aromatic N) is 2. The van der Waals surface area contributed by atoms with Crippen molar-refractivity contribution >= 4 is 11.3 Å². The molecule has 0 aromatic carbocycles. The van der Waals surface area contributed by atoms with Crippen molar-refractivity contribution in [2.75, 3.05) is 46.0 Å². The highest BCUT2D eigenvalue weighted by Crippen LogP contribution is 2.26. The number of aryl methyl sites for hydroxylation is 1. The van der Waals surface area contributed by atoms with Crippen LogP contribution in [0.1, 0.15) is 23.6 Å². The predicted molar refractivity (Wildman–Crippen MR) is 90.5 cm³/mol. The van der Waals surface area contributed by atoms with Crippen molar-refractivity contribution < 1.29 is 9.47 Å². The fourth-order valence-corrected chi connectivity index (χ4v) is 4.34. The molecule has 0 unspecified atom stereocenters. The smallest absolute Gasteiger partial charge is 0.117 e. The van der Waals surface area contributed by atoms with Gasteiger partial charge in [0.25, 0.3) is 0 Å². The van der Waals surface area contributed by atoms with Crippen molar-refractivity contribution in [3.63, 3.8) is 0 Å². The molecule has 2 aliphatic heterocycles. The first-order valence-electron chi connectivity index (χ1n) is 8.30. The van der Waals surface area contributed by atoms with Gasteiger partial charge in [-0.15, -0.1) is 11.3 Å². The van der Waals surface area contributed by atoms with Crippen LogP contribution in [-0.2, 0) is 16.0 Å². The Balaban J connectivity index is 1.67. The van der Waals surface area contributed by atoms with E-state index in [-0.39, 0.29) is 5.60 Å². The van der Waals surface area contributed by atoms with Gasteiger partial charge >= 0.3 is 0 Å². The molecule has 124 valence electrons. The van der Waals surface area contributed by atoms with Gasteiger partial charge in [0.1, 0.15) is 5.60 Å². The fourth-order valence-electron chi connectivity index (χ4n) is 3.41. The molecule has 0 bridgehead atoms. The highest BCUT2D eigenvalue weighted by Gasteiger charge is 2.40. The molecule has 2 fully saturated rings. The van der Waals surface area contributed by atoms with Crippen LogP contribution in [0.2, 0.25) is 0 Å². The molecule has 3 rings (SSSR count). The molecule has 1 aromatic heterocycles. The Kier molecular flexibility index (Phi) is 5.20. The Labute approximate surface area is 138 Å². The van der Waals surface area contributed by atoms with E-state index in [2.05, 4.69) is 42.7 Å². The lowest BCUT2D eigenvalue weighted by molar-refractivity contribution is -0.144. The van der Waals surface area contributed by atoms with Crippen LogP contribution in [0.5, 0.6) is 0 Å². The van der Waals surface area contributed by atoms with Crippen LogP contribution < -0.4 is 0 Å². The molecule has 0 amide bonds. The number of hydrogen-bond acceptors (Lipinski definition) is 5. The van der Waals surface area contributed by atoms with Crippen LogP contribution in [0, 0.1) is 6.92 Å². The van der Waals surface area contributed by atoms with Gasteiger partial charge in [0.05, 0.1) is 19.8 Å². The maximum atomic E-state index is 6.24. The molecule has 22 heavy (non-hydrogen) atoms. The summed E-state index contributed by atoms with van der Waals surface area (Å²) in [6.45, 7) is 14.0. The summed E-state index contributed by atoms with van der Waals surface area (Å²) in [7, 11) is 0. The average molecular weight is 324 g/mol. The van der Waals surface area contributed by atoms with Gasteiger partial charge in [0.15, 0.2) is 0 Å². The van der Waals surface area contributed by atoms with Gasteiger partial charge in [-0.25, -0.2) is 0 Å². The highest BCUT2D eigenvalue weighted by atomic mass is 32.1. The topological polar surface area (TPSA) is 24.9 Å². The Morgan fingerprint density at radius 1 is 1.23 bits per heavy atom. The molecular formula is C17H28N2O2S. The molecule has 1 atom stereocenters. The molecule has 5 heteroatoms. The Hall–Kier alpha value is -0.460. The SMILES string of the molecule is Cc1ccc(CN2CCO[C@@]3(COCCN(C(C)C)C3)C2)s1. The van der Waals surface area contributed by atoms with E-state index >= 15 is 0 Å². The molecular weight excluding hydrogens is 296 g/mol. The van der Waals surface area contributed by atoms with E-state index in [4.69, 9.17) is 9.47 Å². The van der Waals surface area contributed by atoms with Gasteiger partial charge < -0.3 is 9.47 Å². The standard InChI is InChI=1S/C17H28N2O2S/c1-14(2)19-7-8-20-13-17(12-19)11-18(6-9-21-17)10-16-5-4-15(3)22-16/h4-5,14H,6-13H2,1-3H3/t17-/m0/s1. The number of hydrogen-bond donors (Lipinski definition) is 0. The van der Waals surface area contributed by atoms with Crippen LogP contribution in [0.15, 0.2) is 12.1 Å². The second-order valence-electron chi connectivity index (χ2n) is 6.87. The lowest BCUT2D eigenvalue weighted by atomic mass is 10.0. The third-order valence-electron chi connectivity index (χ3n) is 4.61. The minimum Gasteiger partial charge on any atom is -0.377 e. The van der Waals surface area contributed by atoms with Crippen molar-refractivity contribution in [3.05, 3.63) is 21.9 Å². The van der Waals surface area contributed by atoms with E-state index in [0.29, 0.717) is 6.04 Å². The van der Waals surface area contributed by atoms with Crippen molar-refractivity contribution in [1.82, 2.24) is 9.80 Å². The van der Waals surface area contributed by atoms with Crippen LogP contribution in [0.3, 0.4) is 0 Å². The van der Waals surface area contributed by atoms with Gasteiger partial charge in [-0.1, -0.05) is 0 Å². The summed E-state index contributed by atoms with van der Waals surface area (Å²) >= 11 is 1.90. The fraction of sp³-hybridized carbons (Fsp3) is 0.765. The van der Waals surface area contributed by atoms with Crippen LogP contribution in [-0.4, -0.2) is 67.4 Å². The summed E-state index contributed by atoms with van der Waals surface area (Å²) in [5, 5.41) is 0. The Bertz CT molecular complexity index is 491. The molecule has 1 aromatic rings. The van der Waals surface area contributed by atoms with Gasteiger partial charge in [0.2, 0.25) is 0 Å². The number of rotatable bonds is 3. The summed E-state index contributed by atoms with van der Waals surface area (Å²) < 4.78 is 12.1. The normalized spacial score (nSPS) is 28.4. The summed E-state index contributed by atoms with van der Waals surface area (Å²) in [6.07, 6.45) is 0. The van der Waals surface area contributed by atoms with Crippen LogP contribution in [0.25, 0.3) is 0 Å². The minimum absolute atomic E-state index is 0.161. The average Bonchev–Trinajstić information content (AvgIpc) is 2.76. The maximum Gasteiger partial charge on any atom is 0.117 e. The summed E-state index contributed by atoms with van der Waals surface area (Å²) in [6, 6.07) is 5.01. The second-order valence-corrected chi connectivity index (χ2v) is 8.24. The minimum atomic E-state index is -0.161. The van der Waals surface area contributed by atoms with Crippen LogP contribution >= 0.6 is 11.3 Å². The Morgan fingerprint density at radius 2 is 2.09 bits per heavy atom. The zero-order chi connectivity index (χ0) is 15.6. The second kappa shape index (κ2) is 6.97. The predicted octanol–water partition coefficient (Wildman–Crippen LogP) is 2.37. The number of thiophene rings is 1. The van der Waals surface area contributed by atoms with E-state index in [0.717, 1.165) is 52.5 Å². The molecule has 4 nitrogen and oxygen atoms in total. The monoisotopic (exact) mass is 324 g/mol. The number of ether oxygens (including phenoxy) is 2. The summed E-state index contributed by atoms with van der Waals surface area (Å²) in [5.41, 5.74) is -0.161. The van der Waals surface area contributed by atoms with Crippen LogP contribution in [0.4, 0.5) is 0 Å². The lowest BCUT2D eigenvalue weighted by Crippen LogP contribution is -2.59. The van der Waals surface area contributed by atoms with Gasteiger partial charge in [-0.05, 0) is 32.9 Å². The highest BCUT2D eigenvalue weighted by molar-refractivity contribution is 7.11. The Morgan fingerprint density at radius 3 is 2.82 bits per heavy atom. The van der Waals surface area contributed by atoms with E-state index in [1.807, 2.05) is 11.3 Å². The molecule has 2 aliphatic rings. The molecule has 0 N–H and O–H groups in total. The van der Waals surface area contributed by atoms with E-state index in [1.165, 1.54) is 9.75 Å². The largest absolute Gasteiger partial charge is 0.377 e. The molecule has 0 saturated carbocycles. The summed E-state index contributed by atoms with van der Waals surface area (Å²) in [4.78, 5) is 7.86. The molecule has 0 aliphatic carbocycles. The molecule has 1 spiro atoms. The van der Waals surface area contributed by atoms with Gasteiger partial charge in [-0.3, -0.25) is 9.80 Å². The molecule has 0 radical (unpaired) electrons. The van der Waals surface area contributed by atoms with Crippen molar-refractivity contribution in [1.29, 1.82) is 0 Å². The third kappa shape index (κ3) is 3.89. The first kappa shape index (κ1) is 16.4. The summed E-state index contributed by atoms with van der Waals surface area (Å²) in [5.74, 6) is 0. The zero-order valence-electron chi connectivity index (χ0n) is 14.0. The van der Waals surface area contributed by atoms with Gasteiger partial charge in [-0.2, -0.15) is 0 Å². The molecule has 3 heterocycles. The first-order valence-corrected chi connectivity index (χ1v) is 9.11. The quantitative estimate of drug-likeness (QED) is 0.852.